The molecule has 3 aromatic rings. The van der Waals surface area contributed by atoms with Crippen LogP contribution >= 0.6 is 0 Å². The summed E-state index contributed by atoms with van der Waals surface area (Å²) in [5, 5.41) is 0. The van der Waals surface area contributed by atoms with Crippen LogP contribution in [-0.2, 0) is 16.0 Å². The van der Waals surface area contributed by atoms with Gasteiger partial charge in [0.2, 0.25) is 0 Å². The number of benzene rings is 2. The summed E-state index contributed by atoms with van der Waals surface area (Å²) >= 11 is 0. The van der Waals surface area contributed by atoms with E-state index in [1.165, 1.54) is 18.4 Å². The molecule has 3 fully saturated rings. The molecule has 0 radical (unpaired) electrons. The van der Waals surface area contributed by atoms with E-state index in [-0.39, 0.29) is 17.5 Å². The van der Waals surface area contributed by atoms with Gasteiger partial charge in [0.15, 0.2) is 0 Å². The lowest BCUT2D eigenvalue weighted by molar-refractivity contribution is -0.188. The Morgan fingerprint density at radius 1 is 1.11 bits per heavy atom. The fourth-order valence-corrected chi connectivity index (χ4v) is 6.61. The normalized spacial score (nSPS) is 25.6. The molecule has 36 heavy (non-hydrogen) atoms. The third kappa shape index (κ3) is 5.36. The number of H-pyrrole nitrogens is 1. The zero-order valence-electron chi connectivity index (χ0n) is 22.1. The van der Waals surface area contributed by atoms with Gasteiger partial charge in [-0.1, -0.05) is 56.3 Å². The predicted octanol–water partition coefficient (Wildman–Crippen LogP) is 6.36. The number of rotatable bonds is 10. The Morgan fingerprint density at radius 3 is 2.61 bits per heavy atom. The number of hydrogen-bond acceptors (Lipinski definition) is 4. The minimum absolute atomic E-state index is 0.0358. The summed E-state index contributed by atoms with van der Waals surface area (Å²) < 4.78 is 6.44. The van der Waals surface area contributed by atoms with Crippen molar-refractivity contribution >= 4 is 17.0 Å². The highest BCUT2D eigenvalue weighted by Crippen LogP contribution is 2.56. The quantitative estimate of drug-likeness (QED) is 0.338. The Kier molecular flexibility index (Phi) is 7.47. The molecule has 1 aromatic heterocycles. The molecule has 0 amide bonds. The number of aromatic nitrogens is 2. The molecule has 192 valence electrons. The van der Waals surface area contributed by atoms with E-state index in [9.17, 15) is 4.79 Å². The SMILES string of the molecule is CC(C)C(=O)O[C@@]1(CCN(C)CCCc2nc3ccccc3[nH]2)C[C@H]2CC[C@@H]1CC2c1ccccc1. The van der Waals surface area contributed by atoms with Crippen molar-refractivity contribution in [2.24, 2.45) is 17.8 Å². The fraction of sp³-hybridized carbons (Fsp3) is 0.548. The summed E-state index contributed by atoms with van der Waals surface area (Å²) in [6, 6.07) is 19.2. The van der Waals surface area contributed by atoms with Gasteiger partial charge in [0.25, 0.3) is 0 Å². The molecule has 2 aromatic carbocycles. The molecular formula is C31H41N3O2. The van der Waals surface area contributed by atoms with Gasteiger partial charge in [-0.15, -0.1) is 0 Å². The van der Waals surface area contributed by atoms with Gasteiger partial charge in [0, 0.05) is 19.4 Å². The maximum absolute atomic E-state index is 12.8. The zero-order valence-corrected chi connectivity index (χ0v) is 22.1. The van der Waals surface area contributed by atoms with Crippen molar-refractivity contribution in [2.75, 3.05) is 20.1 Å². The number of nitrogens with zero attached hydrogens (tertiary/aromatic N) is 2. The number of esters is 1. The maximum Gasteiger partial charge on any atom is 0.308 e. The van der Waals surface area contributed by atoms with Crippen LogP contribution in [0.25, 0.3) is 11.0 Å². The molecule has 1 N–H and O–H groups in total. The van der Waals surface area contributed by atoms with Crippen LogP contribution in [0.3, 0.4) is 0 Å². The van der Waals surface area contributed by atoms with E-state index in [0.29, 0.717) is 17.8 Å². The lowest BCUT2D eigenvalue weighted by Crippen LogP contribution is -2.54. The molecule has 0 spiro atoms. The van der Waals surface area contributed by atoms with Crippen molar-refractivity contribution in [3.05, 3.63) is 66.0 Å². The number of nitrogens with one attached hydrogen (secondary N) is 1. The van der Waals surface area contributed by atoms with E-state index >= 15 is 0 Å². The van der Waals surface area contributed by atoms with Crippen LogP contribution in [0.2, 0.25) is 0 Å². The Balaban J connectivity index is 1.21. The third-order valence-electron chi connectivity index (χ3n) is 8.66. The molecule has 0 saturated heterocycles. The van der Waals surface area contributed by atoms with Gasteiger partial charge in [-0.05, 0) is 81.1 Å². The first-order valence-electron chi connectivity index (χ1n) is 13.8. The van der Waals surface area contributed by atoms with Gasteiger partial charge < -0.3 is 14.6 Å². The van der Waals surface area contributed by atoms with Crippen molar-refractivity contribution in [1.82, 2.24) is 14.9 Å². The minimum atomic E-state index is -0.317. The van der Waals surface area contributed by atoms with Gasteiger partial charge in [-0.2, -0.15) is 0 Å². The van der Waals surface area contributed by atoms with Crippen molar-refractivity contribution in [2.45, 2.75) is 70.3 Å². The average molecular weight is 488 g/mol. The number of carbonyl (C=O) groups excluding carboxylic acids is 1. The van der Waals surface area contributed by atoms with Crippen LogP contribution in [0, 0.1) is 17.8 Å². The van der Waals surface area contributed by atoms with E-state index in [1.807, 2.05) is 26.0 Å². The van der Waals surface area contributed by atoms with Crippen LogP contribution in [0.5, 0.6) is 0 Å². The summed E-state index contributed by atoms with van der Waals surface area (Å²) in [7, 11) is 2.20. The van der Waals surface area contributed by atoms with E-state index in [1.54, 1.807) is 0 Å². The molecule has 1 unspecified atom stereocenters. The molecule has 5 nitrogen and oxygen atoms in total. The van der Waals surface area contributed by atoms with Crippen LogP contribution in [0.1, 0.15) is 69.7 Å². The smallest absolute Gasteiger partial charge is 0.308 e. The summed E-state index contributed by atoms with van der Waals surface area (Å²) in [6.45, 7) is 5.86. The Bertz CT molecular complexity index is 1120. The van der Waals surface area contributed by atoms with Crippen LogP contribution in [0.15, 0.2) is 54.6 Å². The number of imidazole rings is 1. The van der Waals surface area contributed by atoms with Crippen LogP contribution < -0.4 is 0 Å². The lowest BCUT2D eigenvalue weighted by Gasteiger charge is -2.54. The molecule has 3 aliphatic rings. The number of ether oxygens (including phenoxy) is 1. The van der Waals surface area contributed by atoms with Crippen molar-refractivity contribution in [3.8, 4) is 0 Å². The Hall–Kier alpha value is -2.66. The van der Waals surface area contributed by atoms with Gasteiger partial charge >= 0.3 is 5.97 Å². The number of hydrogen-bond donors (Lipinski definition) is 1. The predicted molar refractivity (Wildman–Crippen MR) is 145 cm³/mol. The molecule has 6 rings (SSSR count). The van der Waals surface area contributed by atoms with E-state index in [4.69, 9.17) is 9.72 Å². The zero-order chi connectivity index (χ0) is 25.1. The minimum Gasteiger partial charge on any atom is -0.459 e. The Labute approximate surface area is 215 Å². The van der Waals surface area contributed by atoms with Gasteiger partial charge in [-0.25, -0.2) is 4.98 Å². The van der Waals surface area contributed by atoms with Crippen LogP contribution in [-0.4, -0.2) is 46.6 Å². The highest BCUT2D eigenvalue weighted by molar-refractivity contribution is 5.74. The second-order valence-corrected chi connectivity index (χ2v) is 11.5. The fourth-order valence-electron chi connectivity index (χ4n) is 6.61. The second kappa shape index (κ2) is 10.8. The number of fused-ring (bicyclic) bond motifs is 4. The molecular weight excluding hydrogens is 446 g/mol. The molecule has 3 aliphatic carbocycles. The second-order valence-electron chi connectivity index (χ2n) is 11.5. The van der Waals surface area contributed by atoms with Gasteiger partial charge in [0.1, 0.15) is 11.4 Å². The van der Waals surface area contributed by atoms with Crippen molar-refractivity contribution in [1.29, 1.82) is 0 Å². The van der Waals surface area contributed by atoms with Crippen LogP contribution in [0.4, 0.5) is 0 Å². The topological polar surface area (TPSA) is 58.2 Å². The largest absolute Gasteiger partial charge is 0.459 e. The van der Waals surface area contributed by atoms with Gasteiger partial charge in [0.05, 0.1) is 17.0 Å². The van der Waals surface area contributed by atoms with E-state index < -0.39 is 0 Å². The maximum atomic E-state index is 12.8. The highest BCUT2D eigenvalue weighted by atomic mass is 16.6. The molecule has 2 bridgehead atoms. The first kappa shape index (κ1) is 25.0. The highest BCUT2D eigenvalue weighted by Gasteiger charge is 2.53. The summed E-state index contributed by atoms with van der Waals surface area (Å²) in [5.74, 6) is 2.57. The number of para-hydroxylation sites is 2. The molecule has 5 heteroatoms. The molecule has 0 aliphatic heterocycles. The van der Waals surface area contributed by atoms with Crippen molar-refractivity contribution < 1.29 is 9.53 Å². The van der Waals surface area contributed by atoms with Crippen molar-refractivity contribution in [3.63, 3.8) is 0 Å². The molecule has 4 atom stereocenters. The summed E-state index contributed by atoms with van der Waals surface area (Å²) in [5.41, 5.74) is 3.29. The first-order chi connectivity index (χ1) is 17.4. The van der Waals surface area contributed by atoms with E-state index in [2.05, 4.69) is 59.4 Å². The van der Waals surface area contributed by atoms with E-state index in [0.717, 1.165) is 62.1 Å². The molecule has 3 saturated carbocycles. The summed E-state index contributed by atoms with van der Waals surface area (Å²) in [4.78, 5) is 23.4. The van der Waals surface area contributed by atoms with Gasteiger partial charge in [-0.3, -0.25) is 4.79 Å². The standard InChI is InChI=1S/C31H41N3O2/c1-22(2)30(35)36-31(21-24-15-16-25(31)20-26(24)23-10-5-4-6-11-23)17-19-34(3)18-9-14-29-32-27-12-7-8-13-28(27)33-29/h4-8,10-13,22,24-26H,9,14-21H2,1-3H3,(H,32,33)/t24-,25-,26?,31+/m1/s1. The number of aromatic amines is 1. The summed E-state index contributed by atoms with van der Waals surface area (Å²) in [6.07, 6.45) is 7.48. The monoisotopic (exact) mass is 487 g/mol. The lowest BCUT2D eigenvalue weighted by atomic mass is 9.55. The number of carbonyl (C=O) groups is 1. The molecule has 1 heterocycles. The Morgan fingerprint density at radius 2 is 1.89 bits per heavy atom. The third-order valence-corrected chi connectivity index (χ3v) is 8.66. The number of aryl methyl sites for hydroxylation is 1. The average Bonchev–Trinajstić information content (AvgIpc) is 3.31. The first-order valence-corrected chi connectivity index (χ1v) is 13.8.